The second kappa shape index (κ2) is 17.2. The van der Waals surface area contributed by atoms with Gasteiger partial charge in [-0.15, -0.1) is 0 Å². The Balaban J connectivity index is 0.00000129. The van der Waals surface area contributed by atoms with Crippen molar-refractivity contribution in [1.82, 2.24) is 10.6 Å². The minimum absolute atomic E-state index is 0.126. The first-order valence-corrected chi connectivity index (χ1v) is 14.3. The van der Waals surface area contributed by atoms with Crippen molar-refractivity contribution in [2.45, 2.75) is 78.4 Å². The molecule has 0 unspecified atom stereocenters. The highest BCUT2D eigenvalue weighted by molar-refractivity contribution is 5.95. The number of likely N-dealkylation sites (N-methyl/N-ethyl adjacent to an activating group) is 1. The third kappa shape index (κ3) is 13.5. The van der Waals surface area contributed by atoms with Crippen molar-refractivity contribution >= 4 is 29.6 Å². The summed E-state index contributed by atoms with van der Waals surface area (Å²) in [7, 11) is 2.18. The van der Waals surface area contributed by atoms with E-state index in [9.17, 15) is 32.7 Å². The Labute approximate surface area is 261 Å². The highest BCUT2D eigenvalue weighted by atomic mass is 19.4. The molecule has 45 heavy (non-hydrogen) atoms. The zero-order valence-electron chi connectivity index (χ0n) is 26.5. The number of aliphatic carboxylic acids is 1. The van der Waals surface area contributed by atoms with Crippen LogP contribution < -0.4 is 21.1 Å². The third-order valence-electron chi connectivity index (χ3n) is 7.20. The van der Waals surface area contributed by atoms with Crippen molar-refractivity contribution in [1.29, 1.82) is 0 Å². The van der Waals surface area contributed by atoms with E-state index in [-0.39, 0.29) is 24.2 Å². The lowest BCUT2D eigenvalue weighted by atomic mass is 10.0. The molecule has 0 fully saturated rings. The maximum atomic E-state index is 13.2. The minimum Gasteiger partial charge on any atom is -0.542 e. The molecule has 0 aliphatic carbocycles. The number of amides is 3. The van der Waals surface area contributed by atoms with Gasteiger partial charge >= 0.3 is 18.2 Å². The summed E-state index contributed by atoms with van der Waals surface area (Å²) >= 11 is 0. The molecule has 0 saturated heterocycles. The fraction of sp³-hybridized carbons (Fsp3) is 0.484. The zero-order chi connectivity index (χ0) is 34.5. The number of esters is 1. The van der Waals surface area contributed by atoms with Gasteiger partial charge in [0.05, 0.1) is 43.9 Å². The van der Waals surface area contributed by atoms with Gasteiger partial charge in [-0.05, 0) is 83.5 Å². The van der Waals surface area contributed by atoms with Gasteiger partial charge in [-0.2, -0.15) is 13.2 Å². The summed E-state index contributed by atoms with van der Waals surface area (Å²) in [4.78, 5) is 46.8. The molecule has 4 N–H and O–H groups in total. The Hall–Kier alpha value is -4.33. The van der Waals surface area contributed by atoms with Crippen molar-refractivity contribution in [2.75, 3.05) is 25.5 Å². The fourth-order valence-corrected chi connectivity index (χ4v) is 4.03. The number of nitrogens with zero attached hydrogens (tertiary/aromatic N) is 1. The predicted octanol–water partition coefficient (Wildman–Crippen LogP) is 3.37. The monoisotopic (exact) mass is 640 g/mol. The van der Waals surface area contributed by atoms with Crippen molar-refractivity contribution < 1.29 is 51.8 Å². The Kier molecular flexibility index (Phi) is 14.8. The molecule has 0 aliphatic heterocycles. The van der Waals surface area contributed by atoms with Crippen LogP contribution in [0.5, 0.6) is 5.75 Å². The Morgan fingerprint density at radius 2 is 1.42 bits per heavy atom. The van der Waals surface area contributed by atoms with E-state index in [1.807, 2.05) is 0 Å². The van der Waals surface area contributed by atoms with Crippen LogP contribution in [0.2, 0.25) is 0 Å². The van der Waals surface area contributed by atoms with Crippen molar-refractivity contribution in [3.05, 3.63) is 59.7 Å². The number of carbonyl (C=O) groups is 4. The van der Waals surface area contributed by atoms with E-state index < -0.39 is 30.2 Å². The lowest BCUT2D eigenvalue weighted by Gasteiger charge is -2.42. The van der Waals surface area contributed by atoms with Gasteiger partial charge < -0.3 is 40.2 Å². The first-order valence-electron chi connectivity index (χ1n) is 14.3. The topological polar surface area (TPSA) is 157 Å². The number of nitrogens with one attached hydrogen (secondary N) is 3. The Morgan fingerprint density at radius 3 is 1.87 bits per heavy atom. The van der Waals surface area contributed by atoms with Gasteiger partial charge in [-0.3, -0.25) is 4.79 Å². The van der Waals surface area contributed by atoms with E-state index >= 15 is 0 Å². The number of hydrogen-bond acceptors (Lipinski definition) is 7. The standard InChI is InChI=1S/C29H42N4O5.C2HF3O2/c1-19(2)33(7,20(3)4)17-16-30-27(35)26(18-22-8-14-25(34)15-9-22)32-29(37)31-24-12-10-23(11-13-24)28(36)38-21(5)6;3-2(4,5)1(6)7/h8-15,19-21,26H,16-18H2,1-7H3,(H3-,30,31,32,34,35,36,37);(H,6,7)/t26-;/m0./s1. The second-order valence-corrected chi connectivity index (χ2v) is 11.4. The van der Waals surface area contributed by atoms with Gasteiger partial charge in [0.25, 0.3) is 0 Å². The number of alkyl halides is 3. The number of rotatable bonds is 12. The van der Waals surface area contributed by atoms with Crippen molar-refractivity contribution in [2.24, 2.45) is 0 Å². The number of phenols is 1. The SMILES string of the molecule is CC(C)OC(=O)c1ccc(NC(=O)N[C@@H](Cc2ccc(O)cc2)C(=O)NCC[N+](C)(C(C)C)C(C)C)cc1.O=C([O-])C(F)(F)F. The number of urea groups is 1. The Bertz CT molecular complexity index is 1260. The smallest absolute Gasteiger partial charge is 0.430 e. The molecule has 2 aromatic carbocycles. The summed E-state index contributed by atoms with van der Waals surface area (Å²) < 4.78 is 37.5. The number of benzene rings is 2. The largest absolute Gasteiger partial charge is 0.542 e. The van der Waals surface area contributed by atoms with E-state index in [0.29, 0.717) is 29.9 Å². The van der Waals surface area contributed by atoms with E-state index in [4.69, 9.17) is 14.6 Å². The number of carboxylic acids is 1. The lowest BCUT2D eigenvalue weighted by Crippen LogP contribution is -2.58. The van der Waals surface area contributed by atoms with Crippen LogP contribution in [0.15, 0.2) is 48.5 Å². The van der Waals surface area contributed by atoms with Crippen LogP contribution in [0.25, 0.3) is 0 Å². The molecule has 14 heteroatoms. The maximum absolute atomic E-state index is 13.2. The maximum Gasteiger partial charge on any atom is 0.430 e. The van der Waals surface area contributed by atoms with Gasteiger partial charge in [0, 0.05) is 12.1 Å². The van der Waals surface area contributed by atoms with Crippen LogP contribution in [0.4, 0.5) is 23.7 Å². The van der Waals surface area contributed by atoms with Gasteiger partial charge in [-0.25, -0.2) is 9.59 Å². The summed E-state index contributed by atoms with van der Waals surface area (Å²) in [5.74, 6) is -3.61. The number of anilines is 1. The first kappa shape index (κ1) is 38.7. The highest BCUT2D eigenvalue weighted by Gasteiger charge is 2.30. The van der Waals surface area contributed by atoms with Crippen LogP contribution >= 0.6 is 0 Å². The van der Waals surface area contributed by atoms with Crippen LogP contribution in [0.3, 0.4) is 0 Å². The molecule has 0 radical (unpaired) electrons. The normalized spacial score (nSPS) is 12.2. The van der Waals surface area contributed by atoms with E-state index in [2.05, 4.69) is 50.7 Å². The number of carboxylic acid groups (broad SMARTS) is 1. The van der Waals surface area contributed by atoms with Crippen LogP contribution in [-0.4, -0.2) is 84.0 Å². The van der Waals surface area contributed by atoms with E-state index in [1.165, 1.54) is 0 Å². The number of hydrogen-bond donors (Lipinski definition) is 4. The van der Waals surface area contributed by atoms with Gasteiger partial charge in [0.15, 0.2) is 0 Å². The molecule has 250 valence electrons. The van der Waals surface area contributed by atoms with Crippen LogP contribution in [0.1, 0.15) is 57.5 Å². The van der Waals surface area contributed by atoms with Gasteiger partial charge in [0.1, 0.15) is 17.8 Å². The molecule has 0 heterocycles. The number of phenolic OH excluding ortho intramolecular Hbond substituents is 1. The van der Waals surface area contributed by atoms with Crippen molar-refractivity contribution in [3.8, 4) is 5.75 Å². The van der Waals surface area contributed by atoms with Crippen LogP contribution in [-0.2, 0) is 20.7 Å². The van der Waals surface area contributed by atoms with Gasteiger partial charge in [0.2, 0.25) is 5.91 Å². The average molecular weight is 641 g/mol. The quantitative estimate of drug-likeness (QED) is 0.205. The summed E-state index contributed by atoms with van der Waals surface area (Å²) in [5, 5.41) is 26.8. The molecule has 0 spiro atoms. The Morgan fingerprint density at radius 1 is 0.911 bits per heavy atom. The molecule has 0 aliphatic rings. The number of quaternary nitrogens is 1. The van der Waals surface area contributed by atoms with Gasteiger partial charge in [-0.1, -0.05) is 12.1 Å². The second-order valence-electron chi connectivity index (χ2n) is 11.4. The summed E-state index contributed by atoms with van der Waals surface area (Å²) in [6, 6.07) is 12.3. The highest BCUT2D eigenvalue weighted by Crippen LogP contribution is 2.16. The lowest BCUT2D eigenvalue weighted by molar-refractivity contribution is -0.948. The summed E-state index contributed by atoms with van der Waals surface area (Å²) in [5.41, 5.74) is 1.64. The molecular weight excluding hydrogens is 597 g/mol. The minimum atomic E-state index is -5.19. The molecule has 2 rings (SSSR count). The molecule has 3 amide bonds. The number of carbonyl (C=O) groups excluding carboxylic acids is 4. The van der Waals surface area contributed by atoms with Crippen LogP contribution in [0, 0.1) is 0 Å². The summed E-state index contributed by atoms with van der Waals surface area (Å²) in [6.45, 7) is 13.4. The number of halogens is 3. The molecule has 0 bridgehead atoms. The third-order valence-corrected chi connectivity index (χ3v) is 7.20. The average Bonchev–Trinajstić information content (AvgIpc) is 2.93. The fourth-order valence-electron chi connectivity index (χ4n) is 4.03. The number of aromatic hydroxyl groups is 1. The molecule has 11 nitrogen and oxygen atoms in total. The summed E-state index contributed by atoms with van der Waals surface area (Å²) in [6.07, 6.45) is -5.17. The van der Waals surface area contributed by atoms with E-state index in [1.54, 1.807) is 62.4 Å². The molecular formula is C31H43F3N4O7. The zero-order valence-corrected chi connectivity index (χ0v) is 26.5. The first-order chi connectivity index (χ1) is 20.8. The molecule has 1 atom stereocenters. The molecule has 2 aromatic rings. The molecule has 0 saturated carbocycles. The molecule has 0 aromatic heterocycles. The van der Waals surface area contributed by atoms with Crippen molar-refractivity contribution in [3.63, 3.8) is 0 Å². The number of ether oxygens (including phenoxy) is 1. The van der Waals surface area contributed by atoms with E-state index in [0.717, 1.165) is 16.6 Å². The predicted molar refractivity (Wildman–Crippen MR) is 160 cm³/mol.